The second kappa shape index (κ2) is 4.67. The van der Waals surface area contributed by atoms with Crippen LogP contribution in [0.15, 0.2) is 24.3 Å². The second-order valence-corrected chi connectivity index (χ2v) is 8.35. The van der Waals surface area contributed by atoms with Gasteiger partial charge in [-0.15, -0.1) is 0 Å². The van der Waals surface area contributed by atoms with Gasteiger partial charge < -0.3 is 0 Å². The average Bonchev–Trinajstić information content (AvgIpc) is 2.41. The van der Waals surface area contributed by atoms with Crippen LogP contribution in [0.25, 0.3) is 10.8 Å². The van der Waals surface area contributed by atoms with Crippen molar-refractivity contribution >= 4 is 22.6 Å². The summed E-state index contributed by atoms with van der Waals surface area (Å²) in [6.07, 6.45) is 0. The minimum Gasteiger partial charge on any atom is -0.288 e. The van der Waals surface area contributed by atoms with Gasteiger partial charge in [-0.25, -0.2) is 0 Å². The predicted octanol–water partition coefficient (Wildman–Crippen LogP) is 4.32. The van der Waals surface area contributed by atoms with Crippen LogP contribution in [0.1, 0.15) is 73.4 Å². The Bertz CT molecular complexity index is 849. The minimum atomic E-state index is -0.306. The number of hydrogen-bond acceptors (Lipinski definition) is 2. The molecule has 0 fully saturated rings. The zero-order valence-electron chi connectivity index (χ0n) is 14.6. The summed E-state index contributed by atoms with van der Waals surface area (Å²) >= 11 is 0. The number of benzene rings is 2. The van der Waals surface area contributed by atoms with Crippen molar-refractivity contribution in [3.63, 3.8) is 0 Å². The molecule has 1 aliphatic rings. The molecule has 0 saturated carbocycles. The Hall–Kier alpha value is -2.16. The van der Waals surface area contributed by atoms with E-state index in [1.54, 1.807) is 0 Å². The molecule has 3 heteroatoms. The molecule has 0 aromatic heterocycles. The molecule has 3 nitrogen and oxygen atoms in total. The molecule has 3 rings (SSSR count). The monoisotopic (exact) mass is 309 g/mol. The number of carbonyl (C=O) groups is 2. The van der Waals surface area contributed by atoms with E-state index in [1.165, 1.54) is 0 Å². The number of imide groups is 1. The SMILES string of the molecule is CC(C)(C)c1ccc2c(C(C)(C)C)ccc3c2c1C(=O)NC3=O. The largest absolute Gasteiger partial charge is 0.288 e. The van der Waals surface area contributed by atoms with E-state index in [4.69, 9.17) is 0 Å². The number of carbonyl (C=O) groups excluding carboxylic acids is 2. The summed E-state index contributed by atoms with van der Waals surface area (Å²) < 4.78 is 0. The van der Waals surface area contributed by atoms with E-state index in [-0.39, 0.29) is 22.6 Å². The summed E-state index contributed by atoms with van der Waals surface area (Å²) in [7, 11) is 0. The van der Waals surface area contributed by atoms with Crippen LogP contribution in [0.2, 0.25) is 0 Å². The van der Waals surface area contributed by atoms with Crippen LogP contribution in [0.3, 0.4) is 0 Å². The van der Waals surface area contributed by atoms with Crippen LogP contribution in [0.4, 0.5) is 0 Å². The molecule has 23 heavy (non-hydrogen) atoms. The van der Waals surface area contributed by atoms with Crippen LogP contribution in [0, 0.1) is 0 Å². The predicted molar refractivity (Wildman–Crippen MR) is 93.1 cm³/mol. The minimum absolute atomic E-state index is 0.0595. The molecular weight excluding hydrogens is 286 g/mol. The number of rotatable bonds is 0. The summed E-state index contributed by atoms with van der Waals surface area (Å²) in [4.78, 5) is 24.9. The Morgan fingerprint density at radius 1 is 0.739 bits per heavy atom. The lowest BCUT2D eigenvalue weighted by Crippen LogP contribution is -2.37. The van der Waals surface area contributed by atoms with Crippen LogP contribution < -0.4 is 5.32 Å². The van der Waals surface area contributed by atoms with E-state index in [1.807, 2.05) is 18.2 Å². The first-order valence-electron chi connectivity index (χ1n) is 7.98. The topological polar surface area (TPSA) is 46.2 Å². The molecule has 0 atom stereocenters. The summed E-state index contributed by atoms with van der Waals surface area (Å²) in [5, 5.41) is 4.29. The smallest absolute Gasteiger partial charge is 0.259 e. The summed E-state index contributed by atoms with van der Waals surface area (Å²) in [5.74, 6) is -0.594. The Morgan fingerprint density at radius 3 is 1.87 bits per heavy atom. The van der Waals surface area contributed by atoms with Crippen LogP contribution in [-0.4, -0.2) is 11.8 Å². The molecule has 1 heterocycles. The van der Waals surface area contributed by atoms with Gasteiger partial charge in [0.15, 0.2) is 0 Å². The Kier molecular flexibility index (Phi) is 3.19. The molecule has 2 aromatic rings. The maximum absolute atomic E-state index is 12.6. The first-order valence-corrected chi connectivity index (χ1v) is 7.98. The van der Waals surface area contributed by atoms with Crippen LogP contribution in [-0.2, 0) is 10.8 Å². The maximum Gasteiger partial charge on any atom is 0.259 e. The zero-order chi connectivity index (χ0) is 17.2. The third-order valence-electron chi connectivity index (χ3n) is 4.50. The van der Waals surface area contributed by atoms with Gasteiger partial charge in [0.25, 0.3) is 11.8 Å². The Balaban J connectivity index is 2.53. The fourth-order valence-corrected chi connectivity index (χ4v) is 3.38. The summed E-state index contributed by atoms with van der Waals surface area (Å²) in [6, 6.07) is 7.95. The molecule has 0 radical (unpaired) electrons. The maximum atomic E-state index is 12.6. The molecule has 120 valence electrons. The van der Waals surface area contributed by atoms with Gasteiger partial charge >= 0.3 is 0 Å². The van der Waals surface area contributed by atoms with Crippen molar-refractivity contribution in [1.29, 1.82) is 0 Å². The zero-order valence-corrected chi connectivity index (χ0v) is 14.6. The van der Waals surface area contributed by atoms with Crippen molar-refractivity contribution in [1.82, 2.24) is 5.32 Å². The molecule has 0 saturated heterocycles. The second-order valence-electron chi connectivity index (χ2n) is 8.35. The van der Waals surface area contributed by atoms with Crippen molar-refractivity contribution in [2.24, 2.45) is 0 Å². The van der Waals surface area contributed by atoms with Gasteiger partial charge in [-0.05, 0) is 33.4 Å². The molecule has 2 amide bonds. The fourth-order valence-electron chi connectivity index (χ4n) is 3.38. The highest BCUT2D eigenvalue weighted by atomic mass is 16.2. The number of amides is 2. The van der Waals surface area contributed by atoms with E-state index in [9.17, 15) is 9.59 Å². The van der Waals surface area contributed by atoms with Crippen molar-refractivity contribution in [2.75, 3.05) is 0 Å². The standard InChI is InChI=1S/C20H23NO2/c1-19(2,3)13-9-8-12-15-11(13)7-10-14(20(4,5)6)16(15)18(23)21-17(12)22/h7-10H,1-6H3,(H,21,22,23). The van der Waals surface area contributed by atoms with Crippen molar-refractivity contribution in [3.05, 3.63) is 46.5 Å². The Morgan fingerprint density at radius 2 is 1.30 bits per heavy atom. The fraction of sp³-hybridized carbons (Fsp3) is 0.400. The summed E-state index contributed by atoms with van der Waals surface area (Å²) in [6.45, 7) is 12.7. The lowest BCUT2D eigenvalue weighted by molar-refractivity contribution is 0.0843. The molecule has 2 aromatic carbocycles. The molecule has 0 spiro atoms. The lowest BCUT2D eigenvalue weighted by Gasteiger charge is -2.29. The lowest BCUT2D eigenvalue weighted by atomic mass is 9.76. The van der Waals surface area contributed by atoms with Gasteiger partial charge in [0.1, 0.15) is 0 Å². The first kappa shape index (κ1) is 15.7. The van der Waals surface area contributed by atoms with Gasteiger partial charge in [-0.1, -0.05) is 59.7 Å². The van der Waals surface area contributed by atoms with Gasteiger partial charge in [-0.3, -0.25) is 14.9 Å². The van der Waals surface area contributed by atoms with E-state index in [2.05, 4.69) is 52.9 Å². The average molecular weight is 309 g/mol. The van der Waals surface area contributed by atoms with E-state index >= 15 is 0 Å². The van der Waals surface area contributed by atoms with Crippen LogP contribution >= 0.6 is 0 Å². The van der Waals surface area contributed by atoms with Crippen molar-refractivity contribution < 1.29 is 9.59 Å². The normalized spacial score (nSPS) is 15.0. The Labute approximate surface area is 137 Å². The van der Waals surface area contributed by atoms with E-state index < -0.39 is 0 Å². The van der Waals surface area contributed by atoms with E-state index in [0.29, 0.717) is 11.1 Å². The highest BCUT2D eigenvalue weighted by Gasteiger charge is 2.32. The van der Waals surface area contributed by atoms with Crippen molar-refractivity contribution in [3.8, 4) is 0 Å². The number of hydrogen-bond donors (Lipinski definition) is 1. The third-order valence-corrected chi connectivity index (χ3v) is 4.50. The molecule has 0 bridgehead atoms. The quantitative estimate of drug-likeness (QED) is 0.737. The third kappa shape index (κ3) is 2.35. The van der Waals surface area contributed by atoms with E-state index in [0.717, 1.165) is 21.9 Å². The highest BCUT2D eigenvalue weighted by Crippen LogP contribution is 2.39. The summed E-state index contributed by atoms with van der Waals surface area (Å²) in [5.41, 5.74) is 3.14. The van der Waals surface area contributed by atoms with Gasteiger partial charge in [0.05, 0.1) is 5.56 Å². The number of nitrogens with one attached hydrogen (secondary N) is 1. The highest BCUT2D eigenvalue weighted by molar-refractivity contribution is 6.26. The van der Waals surface area contributed by atoms with Gasteiger partial charge in [-0.2, -0.15) is 0 Å². The van der Waals surface area contributed by atoms with Crippen LogP contribution in [0.5, 0.6) is 0 Å². The van der Waals surface area contributed by atoms with Gasteiger partial charge in [0, 0.05) is 10.9 Å². The van der Waals surface area contributed by atoms with Gasteiger partial charge in [0.2, 0.25) is 0 Å². The molecule has 1 N–H and O–H groups in total. The molecular formula is C20H23NO2. The first-order chi connectivity index (χ1) is 10.5. The molecule has 0 unspecified atom stereocenters. The molecule has 1 aliphatic heterocycles. The molecule has 0 aliphatic carbocycles. The van der Waals surface area contributed by atoms with Crippen molar-refractivity contribution in [2.45, 2.75) is 52.4 Å².